The molecular formula is C20H16ClN2O5S-. The summed E-state index contributed by atoms with van der Waals surface area (Å²) in [6.07, 6.45) is 1.68. The van der Waals surface area contributed by atoms with Crippen LogP contribution in [0.25, 0.3) is 6.08 Å². The quantitative estimate of drug-likeness (QED) is 0.676. The van der Waals surface area contributed by atoms with Crippen LogP contribution in [-0.4, -0.2) is 30.3 Å². The maximum absolute atomic E-state index is 12.3. The first-order chi connectivity index (χ1) is 14.0. The number of thioether (sulfide) groups is 1. The number of carbonyl (C=O) groups is 2. The van der Waals surface area contributed by atoms with Crippen LogP contribution in [0.1, 0.15) is 12.5 Å². The lowest BCUT2D eigenvalue weighted by molar-refractivity contribution is -0.307. The molecule has 3 rings (SSSR count). The minimum atomic E-state index is -1.33. The van der Waals surface area contributed by atoms with Crippen LogP contribution in [-0.2, 0) is 9.59 Å². The third kappa shape index (κ3) is 5.52. The summed E-state index contributed by atoms with van der Waals surface area (Å²) in [6, 6.07) is 12.0. The minimum absolute atomic E-state index is 0.280. The van der Waals surface area contributed by atoms with Crippen LogP contribution in [0, 0.1) is 0 Å². The van der Waals surface area contributed by atoms with Gasteiger partial charge in [-0.1, -0.05) is 29.8 Å². The molecule has 1 heterocycles. The van der Waals surface area contributed by atoms with Crippen molar-refractivity contribution >= 4 is 52.2 Å². The number of benzene rings is 2. The molecule has 1 aliphatic rings. The summed E-state index contributed by atoms with van der Waals surface area (Å²) in [5.74, 6) is -0.960. The number of ether oxygens (including phenoxy) is 2. The summed E-state index contributed by atoms with van der Waals surface area (Å²) >= 11 is 7.29. The molecule has 2 aromatic rings. The van der Waals surface area contributed by atoms with Crippen LogP contribution in [0.2, 0.25) is 5.02 Å². The van der Waals surface area contributed by atoms with Gasteiger partial charge in [0.2, 0.25) is 0 Å². The average Bonchev–Trinajstić information content (AvgIpc) is 3.02. The molecule has 2 aromatic carbocycles. The molecule has 29 heavy (non-hydrogen) atoms. The molecule has 0 saturated carbocycles. The number of nitrogens with one attached hydrogen (secondary N) is 1. The highest BCUT2D eigenvalue weighted by Gasteiger charge is 2.24. The number of carbonyl (C=O) groups excluding carboxylic acids is 2. The Morgan fingerprint density at radius 3 is 2.76 bits per heavy atom. The lowest BCUT2D eigenvalue weighted by Gasteiger charge is -2.13. The molecule has 1 N–H and O–H groups in total. The standard InChI is InChI=1S/C20H17ClN2O5S/c1-2-27-16-9-12(7-8-15(16)28-11-18(24)25)10-17-19(26)23-20(29-17)22-14-6-4-3-5-13(14)21/h3-10H,2,11H2,1H3,(H,24,25)(H,22,23,26)/p-1/b17-10-. The van der Waals surface area contributed by atoms with Crippen LogP contribution >= 0.6 is 23.4 Å². The van der Waals surface area contributed by atoms with Gasteiger partial charge >= 0.3 is 0 Å². The molecular weight excluding hydrogens is 416 g/mol. The first-order valence-electron chi connectivity index (χ1n) is 8.60. The highest BCUT2D eigenvalue weighted by molar-refractivity contribution is 8.18. The molecule has 1 saturated heterocycles. The van der Waals surface area contributed by atoms with Crippen LogP contribution < -0.4 is 19.9 Å². The number of aliphatic imine (C=N–C) groups is 1. The third-order valence-electron chi connectivity index (χ3n) is 3.64. The van der Waals surface area contributed by atoms with Gasteiger partial charge in [-0.05, 0) is 54.6 Å². The van der Waals surface area contributed by atoms with Crippen molar-refractivity contribution < 1.29 is 24.2 Å². The molecule has 0 radical (unpaired) electrons. The summed E-state index contributed by atoms with van der Waals surface area (Å²) in [4.78, 5) is 27.7. The molecule has 7 nitrogen and oxygen atoms in total. The Morgan fingerprint density at radius 2 is 2.03 bits per heavy atom. The molecule has 1 fully saturated rings. The number of amides is 1. The maximum atomic E-state index is 12.3. The molecule has 150 valence electrons. The van der Waals surface area contributed by atoms with Gasteiger partial charge < -0.3 is 24.7 Å². The Hall–Kier alpha value is -2.97. The Bertz CT molecular complexity index is 1010. The van der Waals surface area contributed by atoms with Gasteiger partial charge in [-0.25, -0.2) is 4.99 Å². The van der Waals surface area contributed by atoms with Crippen LogP contribution in [0.15, 0.2) is 52.4 Å². The van der Waals surface area contributed by atoms with Crippen molar-refractivity contribution in [3.63, 3.8) is 0 Å². The normalized spacial score (nSPS) is 16.1. The van der Waals surface area contributed by atoms with E-state index in [1.54, 1.807) is 49.4 Å². The predicted octanol–water partition coefficient (Wildman–Crippen LogP) is 2.76. The van der Waals surface area contributed by atoms with E-state index >= 15 is 0 Å². The van der Waals surface area contributed by atoms with Crippen molar-refractivity contribution in [1.29, 1.82) is 0 Å². The van der Waals surface area contributed by atoms with Crippen LogP contribution in [0.5, 0.6) is 11.5 Å². The number of halogens is 1. The Morgan fingerprint density at radius 1 is 1.24 bits per heavy atom. The highest BCUT2D eigenvalue weighted by Crippen LogP contribution is 2.33. The zero-order valence-electron chi connectivity index (χ0n) is 15.3. The average molecular weight is 432 g/mol. The Kier molecular flexibility index (Phi) is 6.79. The monoisotopic (exact) mass is 431 g/mol. The van der Waals surface area contributed by atoms with Crippen molar-refractivity contribution in [1.82, 2.24) is 5.32 Å². The lowest BCUT2D eigenvalue weighted by Crippen LogP contribution is -2.29. The second-order valence-electron chi connectivity index (χ2n) is 5.73. The molecule has 0 aliphatic carbocycles. The second kappa shape index (κ2) is 9.49. The number of amidine groups is 1. The summed E-state index contributed by atoms with van der Waals surface area (Å²) in [6.45, 7) is 1.58. The first kappa shape index (κ1) is 20.8. The van der Waals surface area contributed by atoms with Gasteiger partial charge in [-0.15, -0.1) is 0 Å². The van der Waals surface area contributed by atoms with Crippen LogP contribution in [0.4, 0.5) is 5.69 Å². The molecule has 0 spiro atoms. The topological polar surface area (TPSA) is 100 Å². The number of hydrogen-bond donors (Lipinski definition) is 1. The number of rotatable bonds is 7. The number of carboxylic acids is 1. The predicted molar refractivity (Wildman–Crippen MR) is 110 cm³/mol. The lowest BCUT2D eigenvalue weighted by atomic mass is 10.2. The van der Waals surface area contributed by atoms with Gasteiger partial charge in [-0.3, -0.25) is 4.79 Å². The van der Waals surface area contributed by atoms with E-state index in [4.69, 9.17) is 21.1 Å². The van der Waals surface area contributed by atoms with E-state index in [1.807, 2.05) is 6.07 Å². The number of carboxylic acid groups (broad SMARTS) is 1. The van der Waals surface area contributed by atoms with Crippen LogP contribution in [0.3, 0.4) is 0 Å². The number of hydrogen-bond acceptors (Lipinski definition) is 7. The number of para-hydroxylation sites is 1. The van der Waals surface area contributed by atoms with Crippen molar-refractivity contribution in [2.45, 2.75) is 6.92 Å². The fourth-order valence-electron chi connectivity index (χ4n) is 2.42. The SMILES string of the molecule is CCOc1cc(/C=C2\SC(=Nc3ccccc3Cl)NC2=O)ccc1OCC(=O)[O-]. The molecule has 0 atom stereocenters. The van der Waals surface area contributed by atoms with Crippen molar-refractivity contribution in [2.75, 3.05) is 13.2 Å². The van der Waals surface area contributed by atoms with Gasteiger partial charge in [0.05, 0.1) is 28.2 Å². The zero-order valence-corrected chi connectivity index (χ0v) is 16.9. The van der Waals surface area contributed by atoms with Gasteiger partial charge in [-0.2, -0.15) is 0 Å². The molecule has 0 unspecified atom stereocenters. The molecule has 0 aromatic heterocycles. The smallest absolute Gasteiger partial charge is 0.264 e. The third-order valence-corrected chi connectivity index (χ3v) is 4.87. The van der Waals surface area contributed by atoms with Gasteiger partial charge in [0.25, 0.3) is 5.91 Å². The fourth-order valence-corrected chi connectivity index (χ4v) is 3.44. The Labute approximate surface area is 176 Å². The largest absolute Gasteiger partial charge is 0.546 e. The van der Waals surface area contributed by atoms with Crippen molar-refractivity contribution in [3.05, 3.63) is 58.0 Å². The number of nitrogens with zero attached hydrogens (tertiary/aromatic N) is 1. The molecule has 1 aliphatic heterocycles. The summed E-state index contributed by atoms with van der Waals surface area (Å²) in [5.41, 5.74) is 1.25. The van der Waals surface area contributed by atoms with E-state index in [2.05, 4.69) is 10.3 Å². The minimum Gasteiger partial charge on any atom is -0.546 e. The van der Waals surface area contributed by atoms with E-state index in [9.17, 15) is 14.7 Å². The number of aliphatic carboxylic acids is 1. The molecule has 1 amide bonds. The van der Waals surface area contributed by atoms with Gasteiger partial charge in [0.1, 0.15) is 6.61 Å². The van der Waals surface area contributed by atoms with Gasteiger partial charge in [0, 0.05) is 0 Å². The van der Waals surface area contributed by atoms with E-state index in [1.165, 1.54) is 11.8 Å². The summed E-state index contributed by atoms with van der Waals surface area (Å²) < 4.78 is 10.7. The van der Waals surface area contributed by atoms with Crippen molar-refractivity contribution in [3.8, 4) is 11.5 Å². The summed E-state index contributed by atoms with van der Waals surface area (Å²) in [5, 5.41) is 14.2. The van der Waals surface area contributed by atoms with E-state index in [0.29, 0.717) is 38.7 Å². The van der Waals surface area contributed by atoms with E-state index in [0.717, 1.165) is 0 Å². The maximum Gasteiger partial charge on any atom is 0.264 e. The zero-order chi connectivity index (χ0) is 20.8. The van der Waals surface area contributed by atoms with Crippen molar-refractivity contribution in [2.24, 2.45) is 4.99 Å². The molecule has 0 bridgehead atoms. The fraction of sp³-hybridized carbons (Fsp3) is 0.150. The Balaban J connectivity index is 1.82. The first-order valence-corrected chi connectivity index (χ1v) is 9.79. The second-order valence-corrected chi connectivity index (χ2v) is 7.17. The van der Waals surface area contributed by atoms with E-state index in [-0.39, 0.29) is 11.7 Å². The van der Waals surface area contributed by atoms with Gasteiger partial charge in [0.15, 0.2) is 16.7 Å². The summed E-state index contributed by atoms with van der Waals surface area (Å²) in [7, 11) is 0. The molecule has 9 heteroatoms. The highest BCUT2D eigenvalue weighted by atomic mass is 35.5. The van der Waals surface area contributed by atoms with E-state index < -0.39 is 12.6 Å².